The van der Waals surface area contributed by atoms with Crippen molar-refractivity contribution in [3.63, 3.8) is 0 Å². The average Bonchev–Trinajstić information content (AvgIpc) is 3.38. The molecule has 0 spiro atoms. The van der Waals surface area contributed by atoms with Crippen LogP contribution in [0.5, 0.6) is 0 Å². The first kappa shape index (κ1) is 22.5. The molecule has 1 heterocycles. The fourth-order valence-electron chi connectivity index (χ4n) is 5.27. The summed E-state index contributed by atoms with van der Waals surface area (Å²) in [5.41, 5.74) is 8.32. The number of thiophene rings is 1. The summed E-state index contributed by atoms with van der Waals surface area (Å²) in [5.74, 6) is 0. The summed E-state index contributed by atoms with van der Waals surface area (Å²) >= 11 is 1.88. The third kappa shape index (κ3) is 4.06. The van der Waals surface area contributed by atoms with Crippen molar-refractivity contribution >= 4 is 48.6 Å². The van der Waals surface area contributed by atoms with Crippen molar-refractivity contribution in [3.8, 4) is 22.3 Å². The van der Waals surface area contributed by atoms with Crippen LogP contribution in [0.2, 0.25) is 0 Å². The first-order chi connectivity index (χ1) is 18.8. The molecule has 1 aromatic heterocycles. The molecule has 0 unspecified atom stereocenters. The average molecular weight is 504 g/mol. The zero-order valence-electron chi connectivity index (χ0n) is 20.8. The highest BCUT2D eigenvalue weighted by atomic mass is 32.1. The predicted octanol–water partition coefficient (Wildman–Crippen LogP) is 10.9. The standard InChI is InChI=1S/C36H25NS/c1-3-12-26(13-4-1)27-14-9-18-30(24-27)37(29-16-5-2-6-17-29)31-19-10-15-28(25-31)32-21-11-22-34-33-20-7-8-23-35(33)38-36(32)34/h1-25H. The Balaban J connectivity index is 1.39. The molecule has 0 N–H and O–H groups in total. The zero-order valence-corrected chi connectivity index (χ0v) is 21.6. The Morgan fingerprint density at radius 2 is 0.947 bits per heavy atom. The summed E-state index contributed by atoms with van der Waals surface area (Å²) in [6.07, 6.45) is 0. The molecule has 2 heteroatoms. The molecule has 0 aliphatic rings. The minimum Gasteiger partial charge on any atom is -0.310 e. The maximum absolute atomic E-state index is 2.35. The van der Waals surface area contributed by atoms with Gasteiger partial charge in [0.15, 0.2) is 0 Å². The lowest BCUT2D eigenvalue weighted by Crippen LogP contribution is -2.10. The molecule has 38 heavy (non-hydrogen) atoms. The van der Waals surface area contributed by atoms with E-state index in [1.807, 2.05) is 11.3 Å². The topological polar surface area (TPSA) is 3.24 Å². The molecule has 1 nitrogen and oxygen atoms in total. The normalized spacial score (nSPS) is 11.2. The highest BCUT2D eigenvalue weighted by Crippen LogP contribution is 2.42. The van der Waals surface area contributed by atoms with Gasteiger partial charge in [0, 0.05) is 37.2 Å². The summed E-state index contributed by atoms with van der Waals surface area (Å²) in [7, 11) is 0. The van der Waals surface area contributed by atoms with E-state index in [0.717, 1.165) is 17.1 Å². The number of rotatable bonds is 5. The van der Waals surface area contributed by atoms with Gasteiger partial charge in [0.2, 0.25) is 0 Å². The molecule has 0 saturated heterocycles. The Kier molecular flexibility index (Phi) is 5.73. The lowest BCUT2D eigenvalue weighted by molar-refractivity contribution is 1.28. The second-order valence-corrected chi connectivity index (χ2v) is 10.5. The lowest BCUT2D eigenvalue weighted by Gasteiger charge is -2.26. The Morgan fingerprint density at radius 1 is 0.395 bits per heavy atom. The highest BCUT2D eigenvalue weighted by molar-refractivity contribution is 7.26. The van der Waals surface area contributed by atoms with Gasteiger partial charge in [-0.2, -0.15) is 0 Å². The van der Waals surface area contributed by atoms with E-state index in [1.54, 1.807) is 0 Å². The quantitative estimate of drug-likeness (QED) is 0.226. The molecule has 0 aliphatic heterocycles. The minimum atomic E-state index is 1.13. The van der Waals surface area contributed by atoms with Gasteiger partial charge in [0.05, 0.1) is 0 Å². The van der Waals surface area contributed by atoms with Gasteiger partial charge in [-0.25, -0.2) is 0 Å². The molecule has 7 aromatic rings. The van der Waals surface area contributed by atoms with Gasteiger partial charge in [-0.1, -0.05) is 109 Å². The molecule has 0 atom stereocenters. The van der Waals surface area contributed by atoms with Gasteiger partial charge in [-0.05, 0) is 64.7 Å². The number of hydrogen-bond donors (Lipinski definition) is 0. The van der Waals surface area contributed by atoms with E-state index in [9.17, 15) is 0 Å². The van der Waals surface area contributed by atoms with E-state index in [2.05, 4.69) is 157 Å². The number of nitrogens with zero attached hydrogens (tertiary/aromatic N) is 1. The Hall–Kier alpha value is -4.66. The molecule has 0 bridgehead atoms. The van der Waals surface area contributed by atoms with Crippen LogP contribution in [-0.2, 0) is 0 Å². The van der Waals surface area contributed by atoms with E-state index in [4.69, 9.17) is 0 Å². The van der Waals surface area contributed by atoms with Crippen molar-refractivity contribution in [2.24, 2.45) is 0 Å². The molecule has 0 saturated carbocycles. The lowest BCUT2D eigenvalue weighted by atomic mass is 10.0. The molecule has 0 aliphatic carbocycles. The number of hydrogen-bond acceptors (Lipinski definition) is 2. The maximum atomic E-state index is 2.35. The van der Waals surface area contributed by atoms with E-state index in [0.29, 0.717) is 0 Å². The van der Waals surface area contributed by atoms with Crippen LogP contribution >= 0.6 is 11.3 Å². The van der Waals surface area contributed by atoms with Crippen LogP contribution in [0.3, 0.4) is 0 Å². The van der Waals surface area contributed by atoms with E-state index in [-0.39, 0.29) is 0 Å². The smallest absolute Gasteiger partial charge is 0.0467 e. The van der Waals surface area contributed by atoms with Crippen molar-refractivity contribution in [3.05, 3.63) is 152 Å². The number of benzene rings is 6. The summed E-state index contributed by atoms with van der Waals surface area (Å²) in [6.45, 7) is 0. The van der Waals surface area contributed by atoms with Crippen molar-refractivity contribution in [2.75, 3.05) is 4.90 Å². The molecular formula is C36H25NS. The monoisotopic (exact) mass is 503 g/mol. The van der Waals surface area contributed by atoms with Crippen LogP contribution in [0.1, 0.15) is 0 Å². The SMILES string of the molecule is c1ccc(-c2cccc(N(c3ccccc3)c3cccc(-c4cccc5c4sc4ccccc45)c3)c2)cc1. The van der Waals surface area contributed by atoms with Crippen LogP contribution in [0, 0.1) is 0 Å². The fraction of sp³-hybridized carbons (Fsp3) is 0. The van der Waals surface area contributed by atoms with Crippen molar-refractivity contribution in [1.82, 2.24) is 0 Å². The van der Waals surface area contributed by atoms with E-state index < -0.39 is 0 Å². The molecule has 0 amide bonds. The van der Waals surface area contributed by atoms with Crippen LogP contribution in [0.4, 0.5) is 17.1 Å². The number of anilines is 3. The summed E-state index contributed by atoms with van der Waals surface area (Å²) in [5, 5.41) is 2.65. The van der Waals surface area contributed by atoms with Crippen LogP contribution < -0.4 is 4.90 Å². The van der Waals surface area contributed by atoms with Gasteiger partial charge in [0.25, 0.3) is 0 Å². The second kappa shape index (κ2) is 9.66. The summed E-state index contributed by atoms with van der Waals surface area (Å²) in [6, 6.07) is 54.3. The Bertz CT molecular complexity index is 1870. The predicted molar refractivity (Wildman–Crippen MR) is 165 cm³/mol. The van der Waals surface area contributed by atoms with E-state index in [1.165, 1.54) is 42.4 Å². The van der Waals surface area contributed by atoms with Gasteiger partial charge >= 0.3 is 0 Å². The number of fused-ring (bicyclic) bond motifs is 3. The molecule has 0 fully saturated rings. The minimum absolute atomic E-state index is 1.13. The Labute approximate surface area is 226 Å². The molecular weight excluding hydrogens is 478 g/mol. The van der Waals surface area contributed by atoms with Gasteiger partial charge < -0.3 is 4.90 Å². The largest absolute Gasteiger partial charge is 0.310 e. The highest BCUT2D eigenvalue weighted by Gasteiger charge is 2.15. The third-order valence-electron chi connectivity index (χ3n) is 7.05. The molecule has 180 valence electrons. The van der Waals surface area contributed by atoms with Crippen molar-refractivity contribution in [2.45, 2.75) is 0 Å². The second-order valence-electron chi connectivity index (χ2n) is 9.42. The summed E-state index contributed by atoms with van der Waals surface area (Å²) < 4.78 is 2.66. The summed E-state index contributed by atoms with van der Waals surface area (Å²) in [4.78, 5) is 2.35. The van der Waals surface area contributed by atoms with Gasteiger partial charge in [-0.15, -0.1) is 11.3 Å². The van der Waals surface area contributed by atoms with Crippen LogP contribution in [0.25, 0.3) is 42.4 Å². The van der Waals surface area contributed by atoms with Crippen LogP contribution in [-0.4, -0.2) is 0 Å². The first-order valence-corrected chi connectivity index (χ1v) is 13.7. The van der Waals surface area contributed by atoms with Gasteiger partial charge in [-0.3, -0.25) is 0 Å². The van der Waals surface area contributed by atoms with Gasteiger partial charge in [0.1, 0.15) is 0 Å². The Morgan fingerprint density at radius 3 is 1.74 bits per heavy atom. The molecule has 6 aromatic carbocycles. The zero-order chi connectivity index (χ0) is 25.3. The molecule has 7 rings (SSSR count). The first-order valence-electron chi connectivity index (χ1n) is 12.9. The van der Waals surface area contributed by atoms with Crippen LogP contribution in [0.15, 0.2) is 152 Å². The number of para-hydroxylation sites is 1. The molecule has 0 radical (unpaired) electrons. The third-order valence-corrected chi connectivity index (χ3v) is 8.27. The van der Waals surface area contributed by atoms with Crippen molar-refractivity contribution in [1.29, 1.82) is 0 Å². The maximum Gasteiger partial charge on any atom is 0.0467 e. The fourth-order valence-corrected chi connectivity index (χ4v) is 6.50. The van der Waals surface area contributed by atoms with Crippen molar-refractivity contribution < 1.29 is 0 Å². The van der Waals surface area contributed by atoms with E-state index >= 15 is 0 Å².